The van der Waals surface area contributed by atoms with Crippen LogP contribution in [0.1, 0.15) is 64.7 Å². The van der Waals surface area contributed by atoms with E-state index in [0.717, 1.165) is 12.0 Å². The Kier molecular flexibility index (Phi) is 6.25. The van der Waals surface area contributed by atoms with Crippen molar-refractivity contribution < 1.29 is 0 Å². The summed E-state index contributed by atoms with van der Waals surface area (Å²) in [5, 5.41) is 3.49. The number of nitrogens with one attached hydrogen (secondary N) is 1. The third-order valence-corrected chi connectivity index (χ3v) is 3.66. The summed E-state index contributed by atoms with van der Waals surface area (Å²) >= 11 is 0. The van der Waals surface area contributed by atoms with Crippen molar-refractivity contribution in [1.82, 2.24) is 5.32 Å². The number of unbranched alkanes of at least 4 members (excludes halogenated alkanes) is 2. The molecule has 0 heterocycles. The molecule has 0 aromatic rings. The molecule has 1 N–H and O–H groups in total. The Labute approximate surface area is 89.7 Å². The Morgan fingerprint density at radius 1 is 1.21 bits per heavy atom. The number of hydrogen-bond acceptors (Lipinski definition) is 1. The van der Waals surface area contributed by atoms with Crippen LogP contribution in [0.4, 0.5) is 0 Å². The van der Waals surface area contributed by atoms with Crippen LogP contribution in [0.25, 0.3) is 0 Å². The third kappa shape index (κ3) is 4.45. The minimum Gasteiger partial charge on any atom is -0.317 e. The van der Waals surface area contributed by atoms with Crippen LogP contribution in [0.15, 0.2) is 0 Å². The highest BCUT2D eigenvalue weighted by Crippen LogP contribution is 2.29. The topological polar surface area (TPSA) is 12.0 Å². The molecule has 1 aliphatic rings. The number of rotatable bonds is 7. The first-order valence-electron chi connectivity index (χ1n) is 6.54. The zero-order chi connectivity index (χ0) is 10.2. The molecule has 0 amide bonds. The molecule has 0 aromatic carbocycles. The average molecular weight is 197 g/mol. The largest absolute Gasteiger partial charge is 0.317 e. The van der Waals surface area contributed by atoms with Crippen LogP contribution in [-0.4, -0.2) is 13.1 Å². The molecular weight excluding hydrogens is 170 g/mol. The van der Waals surface area contributed by atoms with Gasteiger partial charge in [0.1, 0.15) is 0 Å². The summed E-state index contributed by atoms with van der Waals surface area (Å²) in [5.41, 5.74) is 0. The molecule has 14 heavy (non-hydrogen) atoms. The lowest BCUT2D eigenvalue weighted by molar-refractivity contribution is 0.379. The molecule has 1 atom stereocenters. The van der Waals surface area contributed by atoms with E-state index in [-0.39, 0.29) is 0 Å². The molecular formula is C13H27N. The van der Waals surface area contributed by atoms with E-state index < -0.39 is 0 Å². The summed E-state index contributed by atoms with van der Waals surface area (Å²) < 4.78 is 0. The minimum atomic E-state index is 0.796. The molecule has 0 spiro atoms. The molecule has 1 aliphatic carbocycles. The van der Waals surface area contributed by atoms with Crippen LogP contribution in [-0.2, 0) is 0 Å². The second-order valence-electron chi connectivity index (χ2n) is 4.87. The van der Waals surface area contributed by atoms with E-state index in [0.29, 0.717) is 0 Å². The van der Waals surface area contributed by atoms with Gasteiger partial charge >= 0.3 is 0 Å². The van der Waals surface area contributed by atoms with Gasteiger partial charge in [0.05, 0.1) is 0 Å². The van der Waals surface area contributed by atoms with Gasteiger partial charge < -0.3 is 5.32 Å². The average Bonchev–Trinajstić information content (AvgIpc) is 2.69. The first-order valence-corrected chi connectivity index (χ1v) is 6.54. The van der Waals surface area contributed by atoms with Gasteiger partial charge in [-0.25, -0.2) is 0 Å². The molecule has 0 aromatic heterocycles. The highest BCUT2D eigenvalue weighted by Gasteiger charge is 2.18. The van der Waals surface area contributed by atoms with Crippen molar-refractivity contribution in [2.75, 3.05) is 7.05 Å². The third-order valence-electron chi connectivity index (χ3n) is 3.66. The highest BCUT2D eigenvalue weighted by molar-refractivity contribution is 4.74. The van der Waals surface area contributed by atoms with E-state index in [2.05, 4.69) is 19.3 Å². The van der Waals surface area contributed by atoms with Crippen molar-refractivity contribution >= 4 is 0 Å². The molecule has 0 bridgehead atoms. The molecule has 0 radical (unpaired) electrons. The summed E-state index contributed by atoms with van der Waals surface area (Å²) in [7, 11) is 2.13. The number of hydrogen-bond donors (Lipinski definition) is 1. The van der Waals surface area contributed by atoms with Gasteiger partial charge in [0, 0.05) is 6.04 Å². The van der Waals surface area contributed by atoms with E-state index in [1.807, 2.05) is 0 Å². The van der Waals surface area contributed by atoms with Crippen molar-refractivity contribution in [1.29, 1.82) is 0 Å². The molecule has 0 saturated heterocycles. The van der Waals surface area contributed by atoms with Gasteiger partial charge in [0.25, 0.3) is 0 Å². The normalized spacial score (nSPS) is 20.1. The standard InChI is InChI=1S/C13H27N/c1-3-4-5-10-13(14-2)11-12-8-6-7-9-12/h12-14H,3-11H2,1-2H3. The fraction of sp³-hybridized carbons (Fsp3) is 1.00. The molecule has 1 nitrogen and oxygen atoms in total. The van der Waals surface area contributed by atoms with E-state index in [9.17, 15) is 0 Å². The van der Waals surface area contributed by atoms with E-state index in [1.54, 1.807) is 0 Å². The lowest BCUT2D eigenvalue weighted by atomic mass is 9.95. The maximum atomic E-state index is 3.49. The Hall–Kier alpha value is -0.0400. The lowest BCUT2D eigenvalue weighted by Crippen LogP contribution is -2.27. The summed E-state index contributed by atoms with van der Waals surface area (Å²) in [6.45, 7) is 2.28. The second-order valence-corrected chi connectivity index (χ2v) is 4.87. The monoisotopic (exact) mass is 197 g/mol. The molecule has 1 heteroatoms. The summed E-state index contributed by atoms with van der Waals surface area (Å²) in [5.74, 6) is 1.04. The zero-order valence-electron chi connectivity index (χ0n) is 10.0. The maximum absolute atomic E-state index is 3.49. The van der Waals surface area contributed by atoms with E-state index in [1.165, 1.54) is 57.8 Å². The smallest absolute Gasteiger partial charge is 0.00667 e. The van der Waals surface area contributed by atoms with Gasteiger partial charge in [-0.3, -0.25) is 0 Å². The van der Waals surface area contributed by atoms with Crippen molar-refractivity contribution in [2.24, 2.45) is 5.92 Å². The van der Waals surface area contributed by atoms with Crippen LogP contribution < -0.4 is 5.32 Å². The van der Waals surface area contributed by atoms with Crippen LogP contribution in [0.3, 0.4) is 0 Å². The summed E-state index contributed by atoms with van der Waals surface area (Å²) in [6, 6.07) is 0.796. The Bertz CT molecular complexity index is 127. The quantitative estimate of drug-likeness (QED) is 0.613. The van der Waals surface area contributed by atoms with Crippen LogP contribution in [0, 0.1) is 5.92 Å². The molecule has 0 aliphatic heterocycles. The van der Waals surface area contributed by atoms with Crippen LogP contribution in [0.2, 0.25) is 0 Å². The second kappa shape index (κ2) is 7.28. The van der Waals surface area contributed by atoms with Crippen molar-refractivity contribution in [2.45, 2.75) is 70.8 Å². The fourth-order valence-electron chi connectivity index (χ4n) is 2.67. The molecule has 1 rings (SSSR count). The van der Waals surface area contributed by atoms with E-state index in [4.69, 9.17) is 0 Å². The van der Waals surface area contributed by atoms with Crippen LogP contribution >= 0.6 is 0 Å². The molecule has 1 fully saturated rings. The fourth-order valence-corrected chi connectivity index (χ4v) is 2.67. The SMILES string of the molecule is CCCCCC(CC1CCCC1)NC. The lowest BCUT2D eigenvalue weighted by Gasteiger charge is -2.19. The predicted octanol–water partition coefficient (Wildman–Crippen LogP) is 3.74. The Morgan fingerprint density at radius 3 is 2.50 bits per heavy atom. The van der Waals surface area contributed by atoms with Gasteiger partial charge in [0.2, 0.25) is 0 Å². The first-order chi connectivity index (χ1) is 6.86. The summed E-state index contributed by atoms with van der Waals surface area (Å²) in [4.78, 5) is 0. The van der Waals surface area contributed by atoms with Crippen molar-refractivity contribution in [3.63, 3.8) is 0 Å². The van der Waals surface area contributed by atoms with Gasteiger partial charge in [0.15, 0.2) is 0 Å². The Morgan fingerprint density at radius 2 is 1.93 bits per heavy atom. The molecule has 1 unspecified atom stereocenters. The van der Waals surface area contributed by atoms with Crippen molar-refractivity contribution in [3.8, 4) is 0 Å². The van der Waals surface area contributed by atoms with Gasteiger partial charge in [-0.2, -0.15) is 0 Å². The Balaban J connectivity index is 2.10. The molecule has 84 valence electrons. The maximum Gasteiger partial charge on any atom is 0.00667 e. The molecule has 1 saturated carbocycles. The van der Waals surface area contributed by atoms with Crippen molar-refractivity contribution in [3.05, 3.63) is 0 Å². The van der Waals surface area contributed by atoms with E-state index >= 15 is 0 Å². The summed E-state index contributed by atoms with van der Waals surface area (Å²) in [6.07, 6.45) is 12.9. The zero-order valence-corrected chi connectivity index (χ0v) is 10.0. The van der Waals surface area contributed by atoms with Gasteiger partial charge in [-0.05, 0) is 25.8 Å². The predicted molar refractivity (Wildman–Crippen MR) is 63.6 cm³/mol. The highest BCUT2D eigenvalue weighted by atomic mass is 14.9. The van der Waals surface area contributed by atoms with Gasteiger partial charge in [-0.1, -0.05) is 51.9 Å². The first kappa shape index (κ1) is 12.0. The van der Waals surface area contributed by atoms with Crippen LogP contribution in [0.5, 0.6) is 0 Å². The van der Waals surface area contributed by atoms with Gasteiger partial charge in [-0.15, -0.1) is 0 Å². The minimum absolute atomic E-state index is 0.796.